The minimum Gasteiger partial charge on any atom is -0.481 e. The topological polar surface area (TPSA) is 59.5 Å². The molecule has 0 amide bonds. The van der Waals surface area contributed by atoms with Crippen LogP contribution in [-0.4, -0.2) is 61.4 Å². The van der Waals surface area contributed by atoms with Crippen LogP contribution in [0.3, 0.4) is 0 Å². The minimum atomic E-state index is 0.600. The van der Waals surface area contributed by atoms with Crippen LogP contribution in [0.1, 0.15) is 12.1 Å². The highest BCUT2D eigenvalue weighted by atomic mass is 16.5. The molecule has 0 bridgehead atoms. The number of aromatic nitrogens is 2. The van der Waals surface area contributed by atoms with Gasteiger partial charge >= 0.3 is 0 Å². The number of hydrogen-bond acceptors (Lipinski definition) is 6. The van der Waals surface area contributed by atoms with Gasteiger partial charge in [-0.25, -0.2) is 4.98 Å². The van der Waals surface area contributed by atoms with Crippen LogP contribution in [0, 0.1) is 6.92 Å². The van der Waals surface area contributed by atoms with Crippen molar-refractivity contribution in [1.29, 1.82) is 0 Å². The average molecular weight is 266 g/mol. The second-order valence-corrected chi connectivity index (χ2v) is 4.61. The van der Waals surface area contributed by atoms with Gasteiger partial charge in [0.15, 0.2) is 0 Å². The Morgan fingerprint density at radius 2 is 2.16 bits per heavy atom. The van der Waals surface area contributed by atoms with Gasteiger partial charge in [0, 0.05) is 31.4 Å². The summed E-state index contributed by atoms with van der Waals surface area (Å²) in [5.41, 5.74) is 0.905. The van der Waals surface area contributed by atoms with Crippen LogP contribution in [0.25, 0.3) is 0 Å². The van der Waals surface area contributed by atoms with Crippen LogP contribution in [0.5, 0.6) is 5.88 Å². The number of nitrogens with one attached hydrogen (secondary N) is 1. The quantitative estimate of drug-likeness (QED) is 0.773. The summed E-state index contributed by atoms with van der Waals surface area (Å²) in [5.74, 6) is 1.24. The molecule has 1 N–H and O–H groups in total. The monoisotopic (exact) mass is 266 g/mol. The van der Waals surface area contributed by atoms with E-state index < -0.39 is 0 Å². The molecular formula is C13H22N4O2. The molecule has 0 spiro atoms. The fraction of sp³-hybridized carbons (Fsp3) is 0.692. The van der Waals surface area contributed by atoms with E-state index in [0.29, 0.717) is 11.8 Å². The Labute approximate surface area is 114 Å². The third-order valence-corrected chi connectivity index (χ3v) is 3.08. The number of hydrogen-bond donors (Lipinski definition) is 1. The maximum atomic E-state index is 5.32. The molecule has 106 valence electrons. The van der Waals surface area contributed by atoms with Gasteiger partial charge in [-0.15, -0.1) is 0 Å². The van der Waals surface area contributed by atoms with Crippen LogP contribution >= 0.6 is 0 Å². The molecule has 1 fully saturated rings. The lowest BCUT2D eigenvalue weighted by Gasteiger charge is -2.26. The first kappa shape index (κ1) is 14.0. The van der Waals surface area contributed by atoms with E-state index in [1.807, 2.05) is 13.0 Å². The number of morpholine rings is 1. The molecule has 0 saturated carbocycles. The summed E-state index contributed by atoms with van der Waals surface area (Å²) in [6, 6.07) is 1.82. The van der Waals surface area contributed by atoms with Crippen molar-refractivity contribution in [3.63, 3.8) is 0 Å². The summed E-state index contributed by atoms with van der Waals surface area (Å²) < 4.78 is 10.4. The summed E-state index contributed by atoms with van der Waals surface area (Å²) in [4.78, 5) is 11.0. The van der Waals surface area contributed by atoms with Crippen LogP contribution in [0.2, 0.25) is 0 Å². The van der Waals surface area contributed by atoms with Gasteiger partial charge in [0.1, 0.15) is 0 Å². The SMILES string of the molecule is COc1cc(C)nc(NCCCN2CCOCC2)n1. The number of rotatable bonds is 6. The zero-order valence-electron chi connectivity index (χ0n) is 11.7. The molecule has 0 atom stereocenters. The molecule has 1 saturated heterocycles. The van der Waals surface area contributed by atoms with Gasteiger partial charge in [-0.05, 0) is 19.9 Å². The number of ether oxygens (including phenoxy) is 2. The molecule has 1 aliphatic rings. The molecule has 2 rings (SSSR count). The Balaban J connectivity index is 1.71. The van der Waals surface area contributed by atoms with Crippen molar-refractivity contribution in [3.8, 4) is 5.88 Å². The average Bonchev–Trinajstić information content (AvgIpc) is 2.44. The lowest BCUT2D eigenvalue weighted by molar-refractivity contribution is 0.0378. The third kappa shape index (κ3) is 4.65. The lowest BCUT2D eigenvalue weighted by atomic mass is 10.3. The third-order valence-electron chi connectivity index (χ3n) is 3.08. The molecule has 1 aliphatic heterocycles. The van der Waals surface area contributed by atoms with Gasteiger partial charge in [-0.1, -0.05) is 0 Å². The van der Waals surface area contributed by atoms with E-state index in [9.17, 15) is 0 Å². The fourth-order valence-electron chi connectivity index (χ4n) is 2.05. The van der Waals surface area contributed by atoms with Gasteiger partial charge in [-0.3, -0.25) is 4.90 Å². The highest BCUT2D eigenvalue weighted by Gasteiger charge is 2.09. The summed E-state index contributed by atoms with van der Waals surface area (Å²) in [6.45, 7) is 7.66. The fourth-order valence-corrected chi connectivity index (χ4v) is 2.05. The van der Waals surface area contributed by atoms with Gasteiger partial charge < -0.3 is 14.8 Å². The molecule has 1 aromatic heterocycles. The Kier molecular flexibility index (Phi) is 5.35. The molecule has 6 heteroatoms. The normalized spacial score (nSPS) is 16.3. The Morgan fingerprint density at radius 3 is 2.89 bits per heavy atom. The molecule has 6 nitrogen and oxygen atoms in total. The Bertz CT molecular complexity index is 394. The van der Waals surface area contributed by atoms with E-state index in [1.54, 1.807) is 7.11 Å². The molecule has 19 heavy (non-hydrogen) atoms. The van der Waals surface area contributed by atoms with Crippen LogP contribution in [0.4, 0.5) is 5.95 Å². The highest BCUT2D eigenvalue weighted by Crippen LogP contribution is 2.11. The predicted octanol–water partition coefficient (Wildman–Crippen LogP) is 0.928. The molecular weight excluding hydrogens is 244 g/mol. The summed E-state index contributed by atoms with van der Waals surface area (Å²) in [7, 11) is 1.62. The molecule has 2 heterocycles. The van der Waals surface area contributed by atoms with Crippen LogP contribution in [0.15, 0.2) is 6.07 Å². The van der Waals surface area contributed by atoms with Crippen molar-refractivity contribution in [2.24, 2.45) is 0 Å². The standard InChI is InChI=1S/C13H22N4O2/c1-11-10-12(18-2)16-13(15-11)14-4-3-5-17-6-8-19-9-7-17/h10H,3-9H2,1-2H3,(H,14,15,16). The summed E-state index contributed by atoms with van der Waals surface area (Å²) >= 11 is 0. The molecule has 0 aromatic carbocycles. The maximum Gasteiger partial charge on any atom is 0.226 e. The zero-order valence-corrected chi connectivity index (χ0v) is 11.7. The first-order chi connectivity index (χ1) is 9.28. The van der Waals surface area contributed by atoms with Gasteiger partial charge in [0.25, 0.3) is 0 Å². The van der Waals surface area contributed by atoms with Crippen molar-refractivity contribution in [1.82, 2.24) is 14.9 Å². The van der Waals surface area contributed by atoms with Crippen molar-refractivity contribution in [2.75, 3.05) is 51.8 Å². The zero-order chi connectivity index (χ0) is 13.5. The molecule has 0 unspecified atom stereocenters. The predicted molar refractivity (Wildman–Crippen MR) is 73.7 cm³/mol. The second-order valence-electron chi connectivity index (χ2n) is 4.61. The van der Waals surface area contributed by atoms with Crippen molar-refractivity contribution in [3.05, 3.63) is 11.8 Å². The first-order valence-electron chi connectivity index (χ1n) is 6.71. The number of anilines is 1. The van der Waals surface area contributed by atoms with Crippen molar-refractivity contribution in [2.45, 2.75) is 13.3 Å². The van der Waals surface area contributed by atoms with Crippen LogP contribution < -0.4 is 10.1 Å². The summed E-state index contributed by atoms with van der Waals surface area (Å²) in [6.07, 6.45) is 1.07. The van der Waals surface area contributed by atoms with Crippen molar-refractivity contribution < 1.29 is 9.47 Å². The summed E-state index contributed by atoms with van der Waals surface area (Å²) in [5, 5.41) is 3.24. The van der Waals surface area contributed by atoms with Crippen molar-refractivity contribution >= 4 is 5.95 Å². The van der Waals surface area contributed by atoms with E-state index >= 15 is 0 Å². The maximum absolute atomic E-state index is 5.32. The lowest BCUT2D eigenvalue weighted by Crippen LogP contribution is -2.37. The van der Waals surface area contributed by atoms with E-state index in [4.69, 9.17) is 9.47 Å². The Morgan fingerprint density at radius 1 is 1.37 bits per heavy atom. The van der Waals surface area contributed by atoms with E-state index in [1.165, 1.54) is 0 Å². The van der Waals surface area contributed by atoms with Gasteiger partial charge in [-0.2, -0.15) is 4.98 Å². The number of methoxy groups -OCH3 is 1. The molecule has 0 radical (unpaired) electrons. The molecule has 1 aromatic rings. The number of aryl methyl sites for hydroxylation is 1. The van der Waals surface area contributed by atoms with E-state index in [-0.39, 0.29) is 0 Å². The van der Waals surface area contributed by atoms with E-state index in [2.05, 4.69) is 20.2 Å². The second kappa shape index (κ2) is 7.25. The Hall–Kier alpha value is -1.40. The van der Waals surface area contributed by atoms with Gasteiger partial charge in [0.05, 0.1) is 20.3 Å². The molecule has 0 aliphatic carbocycles. The van der Waals surface area contributed by atoms with Crippen LogP contribution in [-0.2, 0) is 4.74 Å². The highest BCUT2D eigenvalue weighted by molar-refractivity contribution is 5.30. The minimum absolute atomic E-state index is 0.600. The van der Waals surface area contributed by atoms with Gasteiger partial charge in [0.2, 0.25) is 11.8 Å². The number of nitrogens with zero attached hydrogens (tertiary/aromatic N) is 3. The first-order valence-corrected chi connectivity index (χ1v) is 6.71. The van der Waals surface area contributed by atoms with E-state index in [0.717, 1.165) is 51.5 Å². The smallest absolute Gasteiger partial charge is 0.226 e. The largest absolute Gasteiger partial charge is 0.481 e.